The lowest BCUT2D eigenvalue weighted by molar-refractivity contribution is 0.393. The van der Waals surface area contributed by atoms with Crippen LogP contribution in [-0.4, -0.2) is 15.0 Å². The molecule has 3 aromatic rings. The van der Waals surface area contributed by atoms with Crippen molar-refractivity contribution >= 4 is 17.3 Å². The standard InChI is InChI=1S/C22H23N3S/c1-18(21-10-6-3-7-11-21)24-22(26)25(16-19-8-4-2-5-9-19)17-20-12-14-23-15-13-20/h2-15,18H,16-17H2,1H3,(H,24,26). The highest BCUT2D eigenvalue weighted by atomic mass is 32.1. The molecule has 1 unspecified atom stereocenters. The van der Waals surface area contributed by atoms with Crippen molar-refractivity contribution in [2.24, 2.45) is 0 Å². The maximum absolute atomic E-state index is 5.75. The molecule has 0 amide bonds. The largest absolute Gasteiger partial charge is 0.356 e. The van der Waals surface area contributed by atoms with Gasteiger partial charge in [-0.3, -0.25) is 4.98 Å². The summed E-state index contributed by atoms with van der Waals surface area (Å²) in [6.45, 7) is 3.63. The summed E-state index contributed by atoms with van der Waals surface area (Å²) in [4.78, 5) is 6.30. The summed E-state index contributed by atoms with van der Waals surface area (Å²) >= 11 is 5.75. The minimum atomic E-state index is 0.152. The second-order valence-corrected chi connectivity index (χ2v) is 6.67. The van der Waals surface area contributed by atoms with Crippen LogP contribution in [0.15, 0.2) is 85.2 Å². The number of benzene rings is 2. The Bertz CT molecular complexity index is 765. The van der Waals surface area contributed by atoms with Crippen LogP contribution in [0.4, 0.5) is 0 Å². The van der Waals surface area contributed by atoms with Crippen molar-refractivity contribution in [2.45, 2.75) is 26.1 Å². The number of aromatic nitrogens is 1. The second kappa shape index (κ2) is 9.11. The van der Waals surface area contributed by atoms with Gasteiger partial charge in [-0.25, -0.2) is 0 Å². The number of hydrogen-bond donors (Lipinski definition) is 1. The predicted molar refractivity (Wildman–Crippen MR) is 111 cm³/mol. The van der Waals surface area contributed by atoms with Gasteiger partial charge in [-0.2, -0.15) is 0 Å². The van der Waals surface area contributed by atoms with Gasteiger partial charge in [0.25, 0.3) is 0 Å². The molecule has 0 fully saturated rings. The predicted octanol–water partition coefficient (Wildman–Crippen LogP) is 4.72. The lowest BCUT2D eigenvalue weighted by Crippen LogP contribution is -2.40. The van der Waals surface area contributed by atoms with Gasteiger partial charge in [-0.05, 0) is 48.0 Å². The SMILES string of the molecule is CC(NC(=S)N(Cc1ccccc1)Cc1ccncc1)c1ccccc1. The molecular weight excluding hydrogens is 338 g/mol. The van der Waals surface area contributed by atoms with Crippen LogP contribution in [0.25, 0.3) is 0 Å². The van der Waals surface area contributed by atoms with Gasteiger partial charge < -0.3 is 10.2 Å². The van der Waals surface area contributed by atoms with Crippen molar-refractivity contribution in [1.29, 1.82) is 0 Å². The molecular formula is C22H23N3S. The van der Waals surface area contributed by atoms with E-state index in [1.807, 2.05) is 36.7 Å². The molecule has 0 aliphatic heterocycles. The van der Waals surface area contributed by atoms with Gasteiger partial charge >= 0.3 is 0 Å². The highest BCUT2D eigenvalue weighted by Crippen LogP contribution is 2.15. The van der Waals surface area contributed by atoms with E-state index >= 15 is 0 Å². The average molecular weight is 362 g/mol. The van der Waals surface area contributed by atoms with E-state index < -0.39 is 0 Å². The molecule has 132 valence electrons. The maximum Gasteiger partial charge on any atom is 0.170 e. The third-order valence-corrected chi connectivity index (χ3v) is 4.64. The van der Waals surface area contributed by atoms with Crippen LogP contribution in [0.3, 0.4) is 0 Å². The Morgan fingerprint density at radius 1 is 0.885 bits per heavy atom. The zero-order valence-corrected chi connectivity index (χ0v) is 15.7. The Hall–Kier alpha value is -2.72. The fourth-order valence-corrected chi connectivity index (χ4v) is 3.12. The molecule has 0 saturated carbocycles. The quantitative estimate of drug-likeness (QED) is 0.643. The summed E-state index contributed by atoms with van der Waals surface area (Å²) in [6, 6.07) is 25.0. The van der Waals surface area contributed by atoms with Crippen LogP contribution < -0.4 is 5.32 Å². The molecule has 0 bridgehead atoms. The Kier molecular flexibility index (Phi) is 6.34. The number of hydrogen-bond acceptors (Lipinski definition) is 2. The van der Waals surface area contributed by atoms with E-state index in [0.717, 1.165) is 18.2 Å². The minimum Gasteiger partial charge on any atom is -0.356 e. The zero-order chi connectivity index (χ0) is 18.2. The fraction of sp³-hybridized carbons (Fsp3) is 0.182. The molecule has 0 aliphatic carbocycles. The van der Waals surface area contributed by atoms with Crippen molar-refractivity contribution in [3.63, 3.8) is 0 Å². The van der Waals surface area contributed by atoms with Crippen LogP contribution in [0, 0.1) is 0 Å². The molecule has 1 aromatic heterocycles. The van der Waals surface area contributed by atoms with Gasteiger partial charge in [-0.15, -0.1) is 0 Å². The van der Waals surface area contributed by atoms with Crippen molar-refractivity contribution in [3.8, 4) is 0 Å². The monoisotopic (exact) mass is 361 g/mol. The van der Waals surface area contributed by atoms with Gasteiger partial charge in [0.1, 0.15) is 0 Å². The van der Waals surface area contributed by atoms with Gasteiger partial charge in [0, 0.05) is 25.5 Å². The highest BCUT2D eigenvalue weighted by molar-refractivity contribution is 7.80. The van der Waals surface area contributed by atoms with E-state index in [4.69, 9.17) is 12.2 Å². The topological polar surface area (TPSA) is 28.2 Å². The summed E-state index contributed by atoms with van der Waals surface area (Å²) in [5.74, 6) is 0. The van der Waals surface area contributed by atoms with Gasteiger partial charge in [0.05, 0.1) is 6.04 Å². The highest BCUT2D eigenvalue weighted by Gasteiger charge is 2.14. The van der Waals surface area contributed by atoms with Gasteiger partial charge in [0.15, 0.2) is 5.11 Å². The van der Waals surface area contributed by atoms with E-state index in [2.05, 4.69) is 70.7 Å². The Morgan fingerprint density at radius 2 is 1.42 bits per heavy atom. The zero-order valence-electron chi connectivity index (χ0n) is 14.9. The Morgan fingerprint density at radius 3 is 2.04 bits per heavy atom. The van der Waals surface area contributed by atoms with Crippen molar-refractivity contribution in [3.05, 3.63) is 102 Å². The molecule has 0 saturated heterocycles. The summed E-state index contributed by atoms with van der Waals surface area (Å²) < 4.78 is 0. The van der Waals surface area contributed by atoms with Crippen LogP contribution in [0.5, 0.6) is 0 Å². The molecule has 3 nitrogen and oxygen atoms in total. The smallest absolute Gasteiger partial charge is 0.170 e. The van der Waals surface area contributed by atoms with E-state index in [-0.39, 0.29) is 6.04 Å². The number of nitrogens with one attached hydrogen (secondary N) is 1. The molecule has 4 heteroatoms. The van der Waals surface area contributed by atoms with E-state index in [1.54, 1.807) is 0 Å². The first-order valence-electron chi connectivity index (χ1n) is 8.75. The lowest BCUT2D eigenvalue weighted by Gasteiger charge is -2.28. The first-order valence-corrected chi connectivity index (χ1v) is 9.16. The minimum absolute atomic E-state index is 0.152. The molecule has 2 aromatic carbocycles. The molecule has 1 atom stereocenters. The fourth-order valence-electron chi connectivity index (χ4n) is 2.81. The first kappa shape index (κ1) is 18.1. The molecule has 0 aliphatic rings. The van der Waals surface area contributed by atoms with Crippen LogP contribution >= 0.6 is 12.2 Å². The third-order valence-electron chi connectivity index (χ3n) is 4.27. The number of pyridine rings is 1. The third kappa shape index (κ3) is 5.14. The molecule has 0 radical (unpaired) electrons. The number of nitrogens with zero attached hydrogens (tertiary/aromatic N) is 2. The summed E-state index contributed by atoms with van der Waals surface area (Å²) in [7, 11) is 0. The van der Waals surface area contributed by atoms with Crippen molar-refractivity contribution < 1.29 is 0 Å². The number of rotatable bonds is 6. The van der Waals surface area contributed by atoms with Gasteiger partial charge in [-0.1, -0.05) is 60.7 Å². The van der Waals surface area contributed by atoms with E-state index in [9.17, 15) is 0 Å². The molecule has 1 heterocycles. The second-order valence-electron chi connectivity index (χ2n) is 6.28. The lowest BCUT2D eigenvalue weighted by atomic mass is 10.1. The average Bonchev–Trinajstić information content (AvgIpc) is 2.69. The van der Waals surface area contributed by atoms with Gasteiger partial charge in [0.2, 0.25) is 0 Å². The van der Waals surface area contributed by atoms with E-state index in [0.29, 0.717) is 0 Å². The van der Waals surface area contributed by atoms with Crippen LogP contribution in [0.2, 0.25) is 0 Å². The summed E-state index contributed by atoms with van der Waals surface area (Å²) in [5, 5.41) is 4.23. The van der Waals surface area contributed by atoms with Crippen molar-refractivity contribution in [2.75, 3.05) is 0 Å². The Balaban J connectivity index is 1.74. The first-order chi connectivity index (χ1) is 12.7. The summed E-state index contributed by atoms with van der Waals surface area (Å²) in [6.07, 6.45) is 3.64. The van der Waals surface area contributed by atoms with Crippen LogP contribution in [0.1, 0.15) is 29.7 Å². The summed E-state index contributed by atoms with van der Waals surface area (Å²) in [5.41, 5.74) is 3.64. The molecule has 0 spiro atoms. The molecule has 26 heavy (non-hydrogen) atoms. The normalized spacial score (nSPS) is 11.6. The van der Waals surface area contributed by atoms with Crippen molar-refractivity contribution in [1.82, 2.24) is 15.2 Å². The number of thiocarbonyl (C=S) groups is 1. The van der Waals surface area contributed by atoms with Crippen LogP contribution in [-0.2, 0) is 13.1 Å². The Labute approximate surface area is 160 Å². The van der Waals surface area contributed by atoms with E-state index in [1.165, 1.54) is 16.7 Å². The molecule has 3 rings (SSSR count). The molecule has 1 N–H and O–H groups in total. The maximum atomic E-state index is 5.75.